The summed E-state index contributed by atoms with van der Waals surface area (Å²) < 4.78 is 19.4. The van der Waals surface area contributed by atoms with Gasteiger partial charge in [-0.25, -0.2) is 19.2 Å². The Morgan fingerprint density at radius 2 is 1.47 bits per heavy atom. The number of ether oxygens (including phenoxy) is 4. The highest BCUT2D eigenvalue weighted by Crippen LogP contribution is 2.18. The van der Waals surface area contributed by atoms with Crippen LogP contribution in [0.5, 0.6) is 0 Å². The first-order valence-corrected chi connectivity index (χ1v) is 9.89. The second-order valence-corrected chi connectivity index (χ2v) is 6.18. The van der Waals surface area contributed by atoms with Gasteiger partial charge in [-0.2, -0.15) is 0 Å². The number of aryl methyl sites for hydroxylation is 1. The third kappa shape index (κ3) is 7.73. The maximum Gasteiger partial charge on any atom is 0.516 e. The van der Waals surface area contributed by atoms with Crippen molar-refractivity contribution in [3.05, 3.63) is 35.9 Å². The number of nitrogens with zero attached hydrogens (tertiary/aromatic N) is 1. The summed E-state index contributed by atoms with van der Waals surface area (Å²) in [5.41, 5.74) is 0.942. The molecule has 30 heavy (non-hydrogen) atoms. The third-order valence-electron chi connectivity index (χ3n) is 4.13. The molecule has 0 fully saturated rings. The molecule has 0 radical (unpaired) electrons. The Labute approximate surface area is 176 Å². The normalized spacial score (nSPS) is 12.3. The largest absolute Gasteiger partial charge is 0.516 e. The van der Waals surface area contributed by atoms with Crippen LogP contribution in [0.2, 0.25) is 0 Å². The van der Waals surface area contributed by atoms with Crippen molar-refractivity contribution in [2.75, 3.05) is 19.8 Å². The first-order chi connectivity index (χ1) is 14.3. The molecule has 0 saturated heterocycles. The van der Waals surface area contributed by atoms with Crippen molar-refractivity contribution in [3.8, 4) is 0 Å². The minimum Gasteiger partial charge on any atom is -0.464 e. The number of rotatable bonds is 10. The van der Waals surface area contributed by atoms with E-state index in [1.807, 2.05) is 30.3 Å². The number of esters is 2. The van der Waals surface area contributed by atoms with E-state index in [4.69, 9.17) is 9.47 Å². The summed E-state index contributed by atoms with van der Waals surface area (Å²) in [6.45, 7) is 6.28. The molecule has 0 aliphatic heterocycles. The maximum atomic E-state index is 12.7. The number of hydrogen-bond acceptors (Lipinski definition) is 8. The molecular formula is C21H29NO8. The van der Waals surface area contributed by atoms with E-state index in [9.17, 15) is 19.2 Å². The van der Waals surface area contributed by atoms with Gasteiger partial charge < -0.3 is 18.9 Å². The van der Waals surface area contributed by atoms with E-state index in [1.54, 1.807) is 20.8 Å². The molecule has 0 N–H and O–H groups in total. The summed E-state index contributed by atoms with van der Waals surface area (Å²) in [6.07, 6.45) is -1.45. The van der Waals surface area contributed by atoms with Gasteiger partial charge >= 0.3 is 24.2 Å². The van der Waals surface area contributed by atoms with Gasteiger partial charge in [0.15, 0.2) is 0 Å². The van der Waals surface area contributed by atoms with Crippen LogP contribution < -0.4 is 0 Å². The quantitative estimate of drug-likeness (QED) is 0.321. The first kappa shape index (κ1) is 24.9. The average molecular weight is 423 g/mol. The highest BCUT2D eigenvalue weighted by molar-refractivity contribution is 5.90. The Bertz CT molecular complexity index is 706. The molecule has 0 aliphatic rings. The van der Waals surface area contributed by atoms with Crippen molar-refractivity contribution in [3.63, 3.8) is 0 Å². The molecule has 9 heteroatoms. The molecule has 1 rings (SSSR count). The van der Waals surface area contributed by atoms with Crippen LogP contribution in [0.1, 0.15) is 39.7 Å². The summed E-state index contributed by atoms with van der Waals surface area (Å²) >= 11 is 0. The average Bonchev–Trinajstić information content (AvgIpc) is 2.71. The van der Waals surface area contributed by atoms with E-state index in [1.165, 1.54) is 6.92 Å². The maximum absolute atomic E-state index is 12.7. The number of hydrogen-bond donors (Lipinski definition) is 0. The summed E-state index contributed by atoms with van der Waals surface area (Å²) in [6, 6.07) is 6.94. The Balaban J connectivity index is 3.13. The monoisotopic (exact) mass is 423 g/mol. The van der Waals surface area contributed by atoms with Gasteiger partial charge in [0.25, 0.3) is 0 Å². The molecule has 2 atom stereocenters. The van der Waals surface area contributed by atoms with Gasteiger partial charge in [0.2, 0.25) is 0 Å². The van der Waals surface area contributed by atoms with E-state index < -0.39 is 36.3 Å². The van der Waals surface area contributed by atoms with Crippen LogP contribution in [0.4, 0.5) is 9.59 Å². The smallest absolute Gasteiger partial charge is 0.464 e. The van der Waals surface area contributed by atoms with Crippen LogP contribution in [-0.4, -0.2) is 61.0 Å². The predicted octanol–water partition coefficient (Wildman–Crippen LogP) is 3.10. The van der Waals surface area contributed by atoms with E-state index in [0.717, 1.165) is 10.5 Å². The van der Waals surface area contributed by atoms with Crippen LogP contribution in [0.3, 0.4) is 0 Å². The zero-order valence-electron chi connectivity index (χ0n) is 17.8. The number of carbonyl (C=O) groups excluding carboxylic acids is 4. The number of benzene rings is 1. The van der Waals surface area contributed by atoms with Crippen LogP contribution in [-0.2, 0) is 35.0 Å². The molecule has 0 heterocycles. The fraction of sp³-hybridized carbons (Fsp3) is 0.524. The van der Waals surface area contributed by atoms with Crippen molar-refractivity contribution in [2.45, 2.75) is 52.6 Å². The van der Waals surface area contributed by atoms with Gasteiger partial charge in [-0.15, -0.1) is 0 Å². The van der Waals surface area contributed by atoms with Crippen LogP contribution in [0.25, 0.3) is 0 Å². The number of carbonyl (C=O) groups is 4. The molecule has 0 bridgehead atoms. The van der Waals surface area contributed by atoms with Crippen molar-refractivity contribution in [1.82, 2.24) is 4.90 Å². The van der Waals surface area contributed by atoms with E-state index in [-0.39, 0.29) is 26.2 Å². The fourth-order valence-corrected chi connectivity index (χ4v) is 2.74. The zero-order chi connectivity index (χ0) is 22.5. The van der Waals surface area contributed by atoms with Gasteiger partial charge in [0.05, 0.1) is 19.8 Å². The lowest BCUT2D eigenvalue weighted by Gasteiger charge is -2.32. The molecule has 1 aromatic rings. The minimum atomic E-state index is -1.29. The molecule has 0 saturated carbocycles. The molecule has 9 nitrogen and oxygen atoms in total. The van der Waals surface area contributed by atoms with Crippen LogP contribution in [0.15, 0.2) is 30.3 Å². The van der Waals surface area contributed by atoms with Crippen molar-refractivity contribution < 1.29 is 38.1 Å². The fourth-order valence-electron chi connectivity index (χ4n) is 2.74. The van der Waals surface area contributed by atoms with Gasteiger partial charge in [0.1, 0.15) is 12.1 Å². The minimum absolute atomic E-state index is 0.0185. The molecule has 1 unspecified atom stereocenters. The summed E-state index contributed by atoms with van der Waals surface area (Å²) in [7, 11) is 0. The lowest BCUT2D eigenvalue weighted by Crippen LogP contribution is -2.54. The molecular weight excluding hydrogens is 394 g/mol. The summed E-state index contributed by atoms with van der Waals surface area (Å²) in [5.74, 6) is -1.73. The molecule has 1 aromatic carbocycles. The molecule has 0 aromatic heterocycles. The second-order valence-electron chi connectivity index (χ2n) is 6.18. The molecule has 1 amide bonds. The summed E-state index contributed by atoms with van der Waals surface area (Å²) in [4.78, 5) is 50.1. The lowest BCUT2D eigenvalue weighted by atomic mass is 10.0. The van der Waals surface area contributed by atoms with Crippen LogP contribution in [0, 0.1) is 0 Å². The molecule has 166 valence electrons. The van der Waals surface area contributed by atoms with Crippen molar-refractivity contribution in [1.29, 1.82) is 0 Å². The standard InChI is InChI=1S/C21H29NO8/c1-5-27-19(24)17(14-13-16-11-9-8-10-12-16)22(20(25)28-6-2)15(4)18(23)30-21(26)29-7-3/h8-12,15,17H,5-7,13-14H2,1-4H3/t15-,17?/m0/s1. The summed E-state index contributed by atoms with van der Waals surface area (Å²) in [5, 5.41) is 0. The molecule has 0 spiro atoms. The van der Waals surface area contributed by atoms with Gasteiger partial charge in [0, 0.05) is 0 Å². The van der Waals surface area contributed by atoms with Gasteiger partial charge in [-0.1, -0.05) is 30.3 Å². The third-order valence-corrected chi connectivity index (χ3v) is 4.13. The Hall–Kier alpha value is -3.10. The second kappa shape index (κ2) is 13.2. The SMILES string of the molecule is CCOC(=O)OC(=O)[C@H](C)N(C(=O)OCC)C(CCc1ccccc1)C(=O)OCC. The molecule has 0 aliphatic carbocycles. The van der Waals surface area contributed by atoms with Gasteiger partial charge in [-0.05, 0) is 46.1 Å². The van der Waals surface area contributed by atoms with E-state index in [0.29, 0.717) is 6.42 Å². The Kier molecular flexibility index (Phi) is 11.0. The lowest BCUT2D eigenvalue weighted by molar-refractivity contribution is -0.154. The van der Waals surface area contributed by atoms with Gasteiger partial charge in [-0.3, -0.25) is 4.90 Å². The highest BCUT2D eigenvalue weighted by atomic mass is 16.7. The Morgan fingerprint density at radius 3 is 2.03 bits per heavy atom. The first-order valence-electron chi connectivity index (χ1n) is 9.89. The number of amides is 1. The van der Waals surface area contributed by atoms with Crippen molar-refractivity contribution >= 4 is 24.2 Å². The zero-order valence-corrected chi connectivity index (χ0v) is 17.8. The Morgan fingerprint density at radius 1 is 0.867 bits per heavy atom. The highest BCUT2D eigenvalue weighted by Gasteiger charge is 2.39. The predicted molar refractivity (Wildman–Crippen MR) is 107 cm³/mol. The van der Waals surface area contributed by atoms with E-state index >= 15 is 0 Å². The van der Waals surface area contributed by atoms with Crippen molar-refractivity contribution in [2.24, 2.45) is 0 Å². The topological polar surface area (TPSA) is 108 Å². The van der Waals surface area contributed by atoms with Crippen LogP contribution >= 0.6 is 0 Å². The van der Waals surface area contributed by atoms with E-state index in [2.05, 4.69) is 9.47 Å².